The molecule has 8 nitrogen and oxygen atoms in total. The lowest BCUT2D eigenvalue weighted by atomic mass is 9.81. The highest BCUT2D eigenvalue weighted by Gasteiger charge is 2.41. The third kappa shape index (κ3) is 6.47. The van der Waals surface area contributed by atoms with Crippen molar-refractivity contribution in [1.29, 1.82) is 0 Å². The number of phenolic OH excluding ortho intramolecular Hbond substituents is 7. The third-order valence-electron chi connectivity index (χ3n) is 7.82. The minimum absolute atomic E-state index is 0.0447. The number of aromatic hydroxyl groups is 7. The molecule has 0 saturated carbocycles. The average molecular weight is 623 g/mol. The van der Waals surface area contributed by atoms with Gasteiger partial charge in [0.05, 0.1) is 17.0 Å². The van der Waals surface area contributed by atoms with E-state index in [2.05, 4.69) is 0 Å². The van der Waals surface area contributed by atoms with E-state index in [4.69, 9.17) is 4.74 Å². The van der Waals surface area contributed by atoms with Gasteiger partial charge < -0.3 is 40.5 Å². The van der Waals surface area contributed by atoms with E-state index >= 15 is 0 Å². The monoisotopic (exact) mass is 622 g/mol. The van der Waals surface area contributed by atoms with Gasteiger partial charge in [-0.15, -0.1) is 0 Å². The first-order valence-corrected chi connectivity index (χ1v) is 15.0. The first kappa shape index (κ1) is 31.9. The highest BCUT2D eigenvalue weighted by molar-refractivity contribution is 5.80. The molecule has 46 heavy (non-hydrogen) atoms. The lowest BCUT2D eigenvalue weighted by Gasteiger charge is -2.22. The van der Waals surface area contributed by atoms with E-state index in [1.165, 1.54) is 24.3 Å². The minimum atomic E-state index is -0.810. The van der Waals surface area contributed by atoms with Crippen LogP contribution in [0.2, 0.25) is 0 Å². The summed E-state index contributed by atoms with van der Waals surface area (Å²) >= 11 is 0. The molecule has 8 heteroatoms. The van der Waals surface area contributed by atoms with Gasteiger partial charge in [-0.05, 0) is 76.6 Å². The van der Waals surface area contributed by atoms with Crippen molar-refractivity contribution in [2.75, 3.05) is 0 Å². The fourth-order valence-corrected chi connectivity index (χ4v) is 5.51. The van der Waals surface area contributed by atoms with Crippen LogP contribution < -0.4 is 4.74 Å². The maximum atomic E-state index is 11.3. The minimum Gasteiger partial charge on any atom is -0.507 e. The number of ether oxygens (including phenoxy) is 1. The van der Waals surface area contributed by atoms with Gasteiger partial charge in [-0.3, -0.25) is 0 Å². The van der Waals surface area contributed by atoms with Gasteiger partial charge in [0.25, 0.3) is 0 Å². The maximum Gasteiger partial charge on any atom is 0.157 e. The Morgan fingerprint density at radius 2 is 1.09 bits per heavy atom. The van der Waals surface area contributed by atoms with E-state index < -0.39 is 12.0 Å². The summed E-state index contributed by atoms with van der Waals surface area (Å²) < 4.78 is 6.63. The number of hydrogen-bond donors (Lipinski definition) is 7. The molecule has 0 aromatic heterocycles. The summed E-state index contributed by atoms with van der Waals surface area (Å²) in [5.41, 5.74) is 3.50. The predicted molar refractivity (Wildman–Crippen MR) is 179 cm³/mol. The molecule has 0 bridgehead atoms. The standard InChI is InChI=1S/C38H38O8/c1-20(2)5-11-26-30(41)18-25(19-31(26)42)36-35-23(9-7-22-8-13-28(39)33(44)15-22)16-32(43)27(12-6-21(3)4)38(35)46-37(36)24-10-14-29(40)34(45)17-24/h5-21,36-37,39-45H,1-4H3/b9-7+,11-5+,12-6+. The second-order valence-electron chi connectivity index (χ2n) is 12.2. The average Bonchev–Trinajstić information content (AvgIpc) is 3.38. The molecule has 0 aliphatic carbocycles. The third-order valence-corrected chi connectivity index (χ3v) is 7.82. The number of rotatable bonds is 8. The first-order valence-electron chi connectivity index (χ1n) is 15.0. The van der Waals surface area contributed by atoms with Crippen LogP contribution >= 0.6 is 0 Å². The highest BCUT2D eigenvalue weighted by Crippen LogP contribution is 2.56. The molecule has 4 aromatic rings. The van der Waals surface area contributed by atoms with Crippen molar-refractivity contribution >= 4 is 24.3 Å². The topological polar surface area (TPSA) is 151 Å². The molecular formula is C38H38O8. The van der Waals surface area contributed by atoms with Crippen LogP contribution in [0.3, 0.4) is 0 Å². The van der Waals surface area contributed by atoms with Gasteiger partial charge in [0.15, 0.2) is 23.0 Å². The van der Waals surface area contributed by atoms with Crippen LogP contribution in [0.5, 0.6) is 46.0 Å². The Bertz CT molecular complexity index is 1840. The second kappa shape index (κ2) is 12.9. The summed E-state index contributed by atoms with van der Waals surface area (Å²) in [6.07, 6.45) is 9.89. The van der Waals surface area contributed by atoms with Crippen LogP contribution in [-0.2, 0) is 0 Å². The highest BCUT2D eigenvalue weighted by atomic mass is 16.5. The van der Waals surface area contributed by atoms with Gasteiger partial charge >= 0.3 is 0 Å². The van der Waals surface area contributed by atoms with Gasteiger partial charge in [-0.25, -0.2) is 0 Å². The van der Waals surface area contributed by atoms with E-state index in [-0.39, 0.29) is 57.6 Å². The van der Waals surface area contributed by atoms with Crippen molar-refractivity contribution in [3.05, 3.63) is 106 Å². The quantitative estimate of drug-likeness (QED) is 0.0764. The Morgan fingerprint density at radius 1 is 0.543 bits per heavy atom. The van der Waals surface area contributed by atoms with Gasteiger partial charge in [0, 0.05) is 5.56 Å². The molecule has 238 valence electrons. The van der Waals surface area contributed by atoms with Gasteiger partial charge in [-0.2, -0.15) is 0 Å². The van der Waals surface area contributed by atoms with Crippen molar-refractivity contribution < 1.29 is 40.5 Å². The largest absolute Gasteiger partial charge is 0.507 e. The van der Waals surface area contributed by atoms with Crippen LogP contribution in [0.1, 0.15) is 78.7 Å². The Hall–Kier alpha value is -5.50. The summed E-state index contributed by atoms with van der Waals surface area (Å²) in [6.45, 7) is 7.98. The van der Waals surface area contributed by atoms with Crippen molar-refractivity contribution in [3.8, 4) is 46.0 Å². The Labute approximate surface area is 267 Å². The molecule has 0 radical (unpaired) electrons. The molecule has 0 spiro atoms. The fraction of sp³-hybridized carbons (Fsp3) is 0.211. The van der Waals surface area contributed by atoms with E-state index in [1.807, 2.05) is 39.8 Å². The van der Waals surface area contributed by atoms with E-state index in [1.54, 1.807) is 54.6 Å². The van der Waals surface area contributed by atoms with Crippen LogP contribution in [-0.4, -0.2) is 35.7 Å². The van der Waals surface area contributed by atoms with E-state index in [0.717, 1.165) is 0 Å². The van der Waals surface area contributed by atoms with Crippen LogP contribution in [0.25, 0.3) is 24.3 Å². The van der Waals surface area contributed by atoms with Gasteiger partial charge in [0.2, 0.25) is 0 Å². The summed E-state index contributed by atoms with van der Waals surface area (Å²) in [6, 6.07) is 13.5. The zero-order valence-corrected chi connectivity index (χ0v) is 26.0. The molecule has 1 aliphatic heterocycles. The number of phenols is 7. The van der Waals surface area contributed by atoms with Gasteiger partial charge in [0.1, 0.15) is 29.1 Å². The van der Waals surface area contributed by atoms with Gasteiger partial charge in [-0.1, -0.05) is 76.3 Å². The molecular weight excluding hydrogens is 584 g/mol. The number of benzene rings is 4. The molecule has 4 aromatic carbocycles. The summed E-state index contributed by atoms with van der Waals surface area (Å²) in [7, 11) is 0. The smallest absolute Gasteiger partial charge is 0.157 e. The number of hydrogen-bond acceptors (Lipinski definition) is 8. The van der Waals surface area contributed by atoms with Crippen molar-refractivity contribution in [1.82, 2.24) is 0 Å². The number of allylic oxidation sites excluding steroid dienone is 2. The van der Waals surface area contributed by atoms with Crippen molar-refractivity contribution in [2.45, 2.75) is 39.7 Å². The van der Waals surface area contributed by atoms with Crippen molar-refractivity contribution in [2.24, 2.45) is 11.8 Å². The molecule has 7 N–H and O–H groups in total. The Kier molecular flexibility index (Phi) is 8.91. The lowest BCUT2D eigenvalue weighted by Crippen LogP contribution is -2.12. The summed E-state index contributed by atoms with van der Waals surface area (Å²) in [5.74, 6) is -1.44. The molecule has 1 heterocycles. The molecule has 2 unspecified atom stereocenters. The normalized spacial score (nSPS) is 16.3. The molecule has 2 atom stereocenters. The lowest BCUT2D eigenvalue weighted by molar-refractivity contribution is 0.220. The van der Waals surface area contributed by atoms with Crippen LogP contribution in [0.15, 0.2) is 66.7 Å². The van der Waals surface area contributed by atoms with E-state index in [0.29, 0.717) is 39.1 Å². The van der Waals surface area contributed by atoms with Crippen molar-refractivity contribution in [3.63, 3.8) is 0 Å². The fourth-order valence-electron chi connectivity index (χ4n) is 5.51. The molecule has 5 rings (SSSR count). The zero-order chi connectivity index (χ0) is 33.3. The summed E-state index contributed by atoms with van der Waals surface area (Å²) in [4.78, 5) is 0. The zero-order valence-electron chi connectivity index (χ0n) is 26.0. The maximum absolute atomic E-state index is 11.3. The Morgan fingerprint density at radius 3 is 1.67 bits per heavy atom. The second-order valence-corrected chi connectivity index (χ2v) is 12.2. The van der Waals surface area contributed by atoms with Crippen LogP contribution in [0.4, 0.5) is 0 Å². The van der Waals surface area contributed by atoms with Crippen LogP contribution in [0, 0.1) is 11.8 Å². The predicted octanol–water partition coefficient (Wildman–Crippen LogP) is 8.40. The molecule has 0 fully saturated rings. The first-order chi connectivity index (χ1) is 21.8. The number of fused-ring (bicyclic) bond motifs is 1. The summed E-state index contributed by atoms with van der Waals surface area (Å²) in [5, 5.41) is 73.8. The Balaban J connectivity index is 1.78. The SMILES string of the molecule is CC(C)/C=C/c1c(O)cc(C2c3c(/C=C/c4ccc(O)c(O)c4)cc(O)c(/C=C/C(C)C)c3OC2c2ccc(O)c(O)c2)cc1O. The molecule has 0 amide bonds. The molecule has 0 saturated heterocycles. The van der Waals surface area contributed by atoms with E-state index in [9.17, 15) is 35.7 Å². The molecule has 1 aliphatic rings.